The van der Waals surface area contributed by atoms with Crippen molar-refractivity contribution in [3.05, 3.63) is 0 Å². The highest BCUT2D eigenvalue weighted by molar-refractivity contribution is 7.92. The Morgan fingerprint density at radius 1 is 1.33 bits per heavy atom. The van der Waals surface area contributed by atoms with Gasteiger partial charge in [-0.25, -0.2) is 0 Å². The fourth-order valence-corrected chi connectivity index (χ4v) is 2.91. The van der Waals surface area contributed by atoms with Crippen molar-refractivity contribution >= 4 is 17.1 Å². The van der Waals surface area contributed by atoms with Gasteiger partial charge in [-0.05, 0) is 20.8 Å². The molecule has 4 nitrogen and oxygen atoms in total. The van der Waals surface area contributed by atoms with E-state index < -0.39 is 0 Å². The van der Waals surface area contributed by atoms with Crippen LogP contribution in [0.3, 0.4) is 0 Å². The molecule has 1 unspecified atom stereocenters. The number of ether oxygens (including phenoxy) is 1. The number of carbonyl (C=O) groups is 1. The van der Waals surface area contributed by atoms with Crippen LogP contribution < -0.4 is 0 Å². The summed E-state index contributed by atoms with van der Waals surface area (Å²) in [5, 5.41) is 0.578. The lowest BCUT2D eigenvalue weighted by molar-refractivity contribution is -0.128. The molecule has 0 saturated heterocycles. The van der Waals surface area contributed by atoms with E-state index in [2.05, 4.69) is 13.8 Å². The first-order valence-corrected chi connectivity index (χ1v) is 7.99. The molecule has 5 heteroatoms. The molecule has 18 heavy (non-hydrogen) atoms. The smallest absolute Gasteiger partial charge is 0.219 e. The zero-order valence-electron chi connectivity index (χ0n) is 12.4. The van der Waals surface area contributed by atoms with Gasteiger partial charge in [0.1, 0.15) is 28.8 Å². The monoisotopic (exact) mass is 278 g/mol. The molecule has 0 saturated carbocycles. The van der Waals surface area contributed by atoms with Gasteiger partial charge in [0.05, 0.1) is 13.2 Å². The summed E-state index contributed by atoms with van der Waals surface area (Å²) in [5.74, 6) is 1.14. The van der Waals surface area contributed by atoms with Crippen molar-refractivity contribution in [2.75, 3.05) is 39.2 Å². The predicted molar refractivity (Wildman–Crippen MR) is 77.7 cm³/mol. The molecule has 0 aliphatic carbocycles. The second-order valence-electron chi connectivity index (χ2n) is 4.45. The van der Waals surface area contributed by atoms with Crippen LogP contribution in [0.4, 0.5) is 0 Å². The molecule has 0 aromatic carbocycles. The molecular weight excluding hydrogens is 250 g/mol. The molecule has 0 heterocycles. The van der Waals surface area contributed by atoms with Crippen LogP contribution in [0.25, 0.3) is 0 Å². The quantitative estimate of drug-likeness (QED) is 0.452. The minimum Gasteiger partial charge on any atom is -0.379 e. The summed E-state index contributed by atoms with van der Waals surface area (Å²) in [6, 6.07) is 0. The molecule has 0 N–H and O–H groups in total. The van der Waals surface area contributed by atoms with Gasteiger partial charge in [0.2, 0.25) is 5.91 Å². The third kappa shape index (κ3) is 8.78. The number of carbonyl (C=O) groups excluding carboxylic acids is 1. The van der Waals surface area contributed by atoms with E-state index >= 15 is 0 Å². The van der Waals surface area contributed by atoms with Gasteiger partial charge >= 0.3 is 0 Å². The van der Waals surface area contributed by atoms with Gasteiger partial charge < -0.3 is 9.64 Å². The van der Waals surface area contributed by atoms with Crippen LogP contribution in [0.2, 0.25) is 0 Å². The molecule has 0 rings (SSSR count). The largest absolute Gasteiger partial charge is 0.379 e. The summed E-state index contributed by atoms with van der Waals surface area (Å²) in [6.45, 7) is 10.8. The van der Waals surface area contributed by atoms with E-state index in [1.54, 1.807) is 18.9 Å². The van der Waals surface area contributed by atoms with E-state index in [1.807, 2.05) is 6.92 Å². The van der Waals surface area contributed by atoms with Gasteiger partial charge in [0, 0.05) is 26.9 Å². The first-order chi connectivity index (χ1) is 8.49. The van der Waals surface area contributed by atoms with Gasteiger partial charge in [-0.2, -0.15) is 4.18 Å². The van der Waals surface area contributed by atoms with Gasteiger partial charge in [-0.1, -0.05) is 0 Å². The maximum Gasteiger partial charge on any atom is 0.219 e. The van der Waals surface area contributed by atoms with Gasteiger partial charge in [-0.15, -0.1) is 0 Å². The Morgan fingerprint density at radius 3 is 2.50 bits per heavy atom. The second kappa shape index (κ2) is 10.6. The third-order valence-corrected chi connectivity index (χ3v) is 4.82. The summed E-state index contributed by atoms with van der Waals surface area (Å²) in [4.78, 5) is 12.6. The van der Waals surface area contributed by atoms with E-state index in [1.165, 1.54) is 0 Å². The van der Waals surface area contributed by atoms with E-state index in [0.717, 1.165) is 25.4 Å². The van der Waals surface area contributed by atoms with Crippen LogP contribution >= 0.6 is 0 Å². The topological polar surface area (TPSA) is 38.8 Å². The van der Waals surface area contributed by atoms with Crippen molar-refractivity contribution in [1.29, 1.82) is 0 Å². The number of likely N-dealkylation sites (N-methyl/N-ethyl adjacent to an activating group) is 1. The summed E-state index contributed by atoms with van der Waals surface area (Å²) < 4.78 is 11.2. The molecule has 0 aromatic heterocycles. The van der Waals surface area contributed by atoms with Crippen LogP contribution in [0.1, 0.15) is 34.1 Å². The molecule has 0 aliphatic rings. The lowest BCUT2D eigenvalue weighted by Crippen LogP contribution is -2.28. The first kappa shape index (κ1) is 17.7. The van der Waals surface area contributed by atoms with Crippen LogP contribution in [0.5, 0.6) is 0 Å². The summed E-state index contributed by atoms with van der Waals surface area (Å²) in [6.07, 6.45) is 1.02. The highest BCUT2D eigenvalue weighted by atomic mass is 32.2. The van der Waals surface area contributed by atoms with E-state index in [9.17, 15) is 4.79 Å². The average molecular weight is 278 g/mol. The first-order valence-electron chi connectivity index (χ1n) is 6.61. The van der Waals surface area contributed by atoms with Gasteiger partial charge in [0.15, 0.2) is 0 Å². The van der Waals surface area contributed by atoms with Crippen LogP contribution in [0.15, 0.2) is 0 Å². The SMILES string of the molecule is CCO[S+](CCCOCCN(C)C(C)=O)C(C)C. The lowest BCUT2D eigenvalue weighted by atomic mass is 10.5. The number of rotatable bonds is 10. The molecule has 1 atom stereocenters. The normalized spacial score (nSPS) is 12.8. The van der Waals surface area contributed by atoms with Crippen LogP contribution in [0, 0.1) is 0 Å². The molecule has 0 radical (unpaired) electrons. The second-order valence-corrected chi connectivity index (χ2v) is 6.79. The van der Waals surface area contributed by atoms with E-state index in [4.69, 9.17) is 8.92 Å². The Hall–Kier alpha value is -0.260. The molecule has 0 aliphatic heterocycles. The standard InChI is InChI=1S/C13H28NO3S/c1-6-17-18(12(2)3)11-7-9-16-10-8-14(5)13(4)15/h12H,6-11H2,1-5H3/q+1. The van der Waals surface area contributed by atoms with E-state index in [-0.39, 0.29) is 17.1 Å². The zero-order valence-corrected chi connectivity index (χ0v) is 13.2. The minimum atomic E-state index is 0.0577. The number of hydrogen-bond acceptors (Lipinski definition) is 3. The van der Waals surface area contributed by atoms with Crippen molar-refractivity contribution in [3.63, 3.8) is 0 Å². The Morgan fingerprint density at radius 2 is 2.00 bits per heavy atom. The predicted octanol–water partition coefficient (Wildman–Crippen LogP) is 1.85. The van der Waals surface area contributed by atoms with Crippen molar-refractivity contribution in [2.24, 2.45) is 0 Å². The third-order valence-electron chi connectivity index (χ3n) is 2.54. The fraction of sp³-hybridized carbons (Fsp3) is 0.923. The molecule has 1 amide bonds. The van der Waals surface area contributed by atoms with Crippen LogP contribution in [-0.4, -0.2) is 55.2 Å². The van der Waals surface area contributed by atoms with Crippen molar-refractivity contribution in [3.8, 4) is 0 Å². The maximum absolute atomic E-state index is 11.0. The van der Waals surface area contributed by atoms with Crippen molar-refractivity contribution in [1.82, 2.24) is 4.90 Å². The summed E-state index contributed by atoms with van der Waals surface area (Å²) in [7, 11) is 1.79. The van der Waals surface area contributed by atoms with Crippen molar-refractivity contribution < 1.29 is 13.7 Å². The molecule has 0 aromatic rings. The minimum absolute atomic E-state index is 0.0577. The van der Waals surface area contributed by atoms with Crippen molar-refractivity contribution in [2.45, 2.75) is 39.4 Å². The number of hydrogen-bond donors (Lipinski definition) is 0. The average Bonchev–Trinajstić information content (AvgIpc) is 2.31. The van der Waals surface area contributed by atoms with Gasteiger partial charge in [-0.3, -0.25) is 4.79 Å². The number of nitrogens with zero attached hydrogens (tertiary/aromatic N) is 1. The van der Waals surface area contributed by atoms with Crippen LogP contribution in [-0.2, 0) is 24.9 Å². The molecule has 0 spiro atoms. The molecule has 0 bridgehead atoms. The Kier molecular flexibility index (Phi) is 10.5. The molecular formula is C13H28NO3S+. The fourth-order valence-electron chi connectivity index (χ4n) is 1.35. The summed E-state index contributed by atoms with van der Waals surface area (Å²) in [5.41, 5.74) is 0. The maximum atomic E-state index is 11.0. The lowest BCUT2D eigenvalue weighted by Gasteiger charge is -2.14. The zero-order chi connectivity index (χ0) is 14.0. The highest BCUT2D eigenvalue weighted by Crippen LogP contribution is 2.09. The number of amides is 1. The Labute approximate surface area is 115 Å². The van der Waals surface area contributed by atoms with Gasteiger partial charge in [0.25, 0.3) is 0 Å². The van der Waals surface area contributed by atoms with E-state index in [0.29, 0.717) is 18.4 Å². The Bertz CT molecular complexity index is 224. The highest BCUT2D eigenvalue weighted by Gasteiger charge is 2.23. The molecule has 108 valence electrons. The molecule has 0 fully saturated rings. The summed E-state index contributed by atoms with van der Waals surface area (Å²) >= 11 is 0.0577. The Balaban J connectivity index is 3.51.